The van der Waals surface area contributed by atoms with Crippen molar-refractivity contribution in [3.8, 4) is 0 Å². The molecule has 2 saturated heterocycles. The highest BCUT2D eigenvalue weighted by atomic mass is 16.7. The average Bonchev–Trinajstić information content (AvgIpc) is 3.29. The van der Waals surface area contributed by atoms with E-state index in [1.807, 2.05) is 0 Å². The molecule has 0 saturated carbocycles. The number of unbranched alkanes of at least 4 members (excludes halogenated alkanes) is 6. The highest BCUT2D eigenvalue weighted by Gasteiger charge is 2.62. The SMILES string of the molecule is CCCCCCCCC[C@@H]1OC[C@H](C)[C@H](OCCC)[C@]12CO2. The normalized spacial score (nSPS) is 34.2. The number of rotatable bonds is 11. The minimum absolute atomic E-state index is 0.116. The molecule has 2 aliphatic rings. The van der Waals surface area contributed by atoms with Crippen LogP contribution in [0.2, 0.25) is 0 Å². The van der Waals surface area contributed by atoms with Crippen LogP contribution in [-0.4, -0.2) is 37.6 Å². The summed E-state index contributed by atoms with van der Waals surface area (Å²) in [6.45, 7) is 9.15. The first-order valence-electron chi connectivity index (χ1n) is 9.61. The van der Waals surface area contributed by atoms with Crippen LogP contribution >= 0.6 is 0 Å². The Morgan fingerprint density at radius 3 is 2.32 bits per heavy atom. The van der Waals surface area contributed by atoms with Gasteiger partial charge >= 0.3 is 0 Å². The summed E-state index contributed by atoms with van der Waals surface area (Å²) in [5.74, 6) is 0.444. The predicted molar refractivity (Wildman–Crippen MR) is 90.2 cm³/mol. The molecule has 1 spiro atoms. The van der Waals surface area contributed by atoms with Gasteiger partial charge in [0.1, 0.15) is 5.60 Å². The fourth-order valence-electron chi connectivity index (χ4n) is 3.76. The first kappa shape index (κ1) is 18.2. The zero-order valence-corrected chi connectivity index (χ0v) is 14.9. The quantitative estimate of drug-likeness (QED) is 0.408. The van der Waals surface area contributed by atoms with Crippen molar-refractivity contribution in [3.05, 3.63) is 0 Å². The molecule has 0 aromatic rings. The molecule has 2 heterocycles. The van der Waals surface area contributed by atoms with Gasteiger partial charge < -0.3 is 14.2 Å². The van der Waals surface area contributed by atoms with Crippen molar-refractivity contribution < 1.29 is 14.2 Å². The summed E-state index contributed by atoms with van der Waals surface area (Å²) in [4.78, 5) is 0. The highest BCUT2D eigenvalue weighted by Crippen LogP contribution is 2.46. The molecule has 0 unspecified atom stereocenters. The summed E-state index contributed by atoms with van der Waals surface area (Å²) in [7, 11) is 0. The Morgan fingerprint density at radius 2 is 1.68 bits per heavy atom. The first-order chi connectivity index (χ1) is 10.7. The smallest absolute Gasteiger partial charge is 0.144 e. The second-order valence-electron chi connectivity index (χ2n) is 7.24. The highest BCUT2D eigenvalue weighted by molar-refractivity contribution is 5.09. The van der Waals surface area contributed by atoms with E-state index in [0.29, 0.717) is 5.92 Å². The largest absolute Gasteiger partial charge is 0.375 e. The molecular formula is C19H36O3. The summed E-state index contributed by atoms with van der Waals surface area (Å²) in [5.41, 5.74) is -0.116. The zero-order valence-electron chi connectivity index (χ0n) is 14.9. The van der Waals surface area contributed by atoms with Crippen LogP contribution in [0.1, 0.15) is 78.6 Å². The van der Waals surface area contributed by atoms with E-state index in [0.717, 1.165) is 32.7 Å². The van der Waals surface area contributed by atoms with E-state index in [4.69, 9.17) is 14.2 Å². The van der Waals surface area contributed by atoms with Crippen LogP contribution < -0.4 is 0 Å². The molecule has 2 fully saturated rings. The first-order valence-corrected chi connectivity index (χ1v) is 9.61. The van der Waals surface area contributed by atoms with Crippen LogP contribution in [0.4, 0.5) is 0 Å². The number of hydrogen-bond acceptors (Lipinski definition) is 3. The van der Waals surface area contributed by atoms with Crippen LogP contribution in [0.15, 0.2) is 0 Å². The topological polar surface area (TPSA) is 31.0 Å². The summed E-state index contributed by atoms with van der Waals surface area (Å²) < 4.78 is 18.1. The fraction of sp³-hybridized carbons (Fsp3) is 1.00. The van der Waals surface area contributed by atoms with Gasteiger partial charge in [0.25, 0.3) is 0 Å². The summed E-state index contributed by atoms with van der Waals surface area (Å²) >= 11 is 0. The molecule has 0 aromatic heterocycles. The molecule has 0 amide bonds. The predicted octanol–water partition coefficient (Wildman–Crippen LogP) is 4.73. The van der Waals surface area contributed by atoms with E-state index in [1.54, 1.807) is 0 Å². The molecule has 3 nitrogen and oxygen atoms in total. The standard InChI is InChI=1S/C19H36O3/c1-4-6-7-8-9-10-11-12-17-19(15-22-19)18(20-13-5-2)16(3)14-21-17/h16-18H,4-15H2,1-3H3/t16-,17-,18-,19-/m0/s1. The summed E-state index contributed by atoms with van der Waals surface area (Å²) in [5, 5.41) is 0. The monoisotopic (exact) mass is 312 g/mol. The number of epoxide rings is 1. The maximum absolute atomic E-state index is 6.12. The molecule has 2 rings (SSSR count). The van der Waals surface area contributed by atoms with E-state index in [9.17, 15) is 0 Å². The van der Waals surface area contributed by atoms with E-state index in [1.165, 1.54) is 44.9 Å². The molecule has 0 N–H and O–H groups in total. The van der Waals surface area contributed by atoms with Crippen LogP contribution in [0.25, 0.3) is 0 Å². The number of ether oxygens (including phenoxy) is 3. The Morgan fingerprint density at radius 1 is 1.00 bits per heavy atom. The second-order valence-corrected chi connectivity index (χ2v) is 7.24. The molecule has 0 radical (unpaired) electrons. The molecule has 22 heavy (non-hydrogen) atoms. The summed E-state index contributed by atoms with van der Waals surface area (Å²) in [6.07, 6.45) is 12.1. The minimum atomic E-state index is -0.116. The van der Waals surface area contributed by atoms with Gasteiger partial charge in [-0.3, -0.25) is 0 Å². The van der Waals surface area contributed by atoms with Crippen molar-refractivity contribution in [1.29, 1.82) is 0 Å². The van der Waals surface area contributed by atoms with Crippen LogP contribution in [0.3, 0.4) is 0 Å². The van der Waals surface area contributed by atoms with Gasteiger partial charge in [0, 0.05) is 12.5 Å². The van der Waals surface area contributed by atoms with Gasteiger partial charge in [0.2, 0.25) is 0 Å². The Hall–Kier alpha value is -0.120. The van der Waals surface area contributed by atoms with Gasteiger partial charge in [-0.25, -0.2) is 0 Å². The van der Waals surface area contributed by atoms with E-state index in [-0.39, 0.29) is 17.8 Å². The van der Waals surface area contributed by atoms with Crippen LogP contribution in [0.5, 0.6) is 0 Å². The van der Waals surface area contributed by atoms with Gasteiger partial charge in [-0.2, -0.15) is 0 Å². The van der Waals surface area contributed by atoms with Crippen LogP contribution in [-0.2, 0) is 14.2 Å². The molecule has 0 aliphatic carbocycles. The van der Waals surface area contributed by atoms with E-state index < -0.39 is 0 Å². The minimum Gasteiger partial charge on any atom is -0.375 e. The maximum Gasteiger partial charge on any atom is 0.144 e. The van der Waals surface area contributed by atoms with Gasteiger partial charge in [0.15, 0.2) is 0 Å². The van der Waals surface area contributed by atoms with Gasteiger partial charge in [0.05, 0.1) is 25.4 Å². The molecule has 3 heteroatoms. The molecular weight excluding hydrogens is 276 g/mol. The molecule has 0 bridgehead atoms. The van der Waals surface area contributed by atoms with Crippen molar-refractivity contribution in [2.24, 2.45) is 5.92 Å². The van der Waals surface area contributed by atoms with Gasteiger partial charge in [-0.1, -0.05) is 65.7 Å². The lowest BCUT2D eigenvalue weighted by atomic mass is 9.83. The lowest BCUT2D eigenvalue weighted by Gasteiger charge is -2.40. The average molecular weight is 312 g/mol. The lowest BCUT2D eigenvalue weighted by molar-refractivity contribution is -0.159. The van der Waals surface area contributed by atoms with Crippen molar-refractivity contribution in [2.45, 2.75) is 96.4 Å². The zero-order chi connectivity index (χ0) is 15.8. The molecule has 130 valence electrons. The Labute approximate surface area is 137 Å². The molecule has 2 aliphatic heterocycles. The van der Waals surface area contributed by atoms with Crippen molar-refractivity contribution >= 4 is 0 Å². The lowest BCUT2D eigenvalue weighted by Crippen LogP contribution is -2.53. The third-order valence-corrected chi connectivity index (χ3v) is 5.15. The van der Waals surface area contributed by atoms with Crippen molar-refractivity contribution in [1.82, 2.24) is 0 Å². The van der Waals surface area contributed by atoms with Gasteiger partial charge in [-0.05, 0) is 12.8 Å². The Balaban J connectivity index is 1.70. The summed E-state index contributed by atoms with van der Waals surface area (Å²) in [6, 6.07) is 0. The van der Waals surface area contributed by atoms with Crippen molar-refractivity contribution in [2.75, 3.05) is 19.8 Å². The van der Waals surface area contributed by atoms with Crippen molar-refractivity contribution in [3.63, 3.8) is 0 Å². The molecule has 0 aromatic carbocycles. The van der Waals surface area contributed by atoms with E-state index in [2.05, 4.69) is 20.8 Å². The van der Waals surface area contributed by atoms with Crippen LogP contribution in [0, 0.1) is 5.92 Å². The maximum atomic E-state index is 6.12. The molecule has 4 atom stereocenters. The third kappa shape index (κ3) is 4.69. The Bertz CT molecular complexity index is 301. The van der Waals surface area contributed by atoms with E-state index >= 15 is 0 Å². The Kier molecular flexibility index (Phi) is 7.66. The second kappa shape index (κ2) is 9.24. The fourth-order valence-corrected chi connectivity index (χ4v) is 3.76. The third-order valence-electron chi connectivity index (χ3n) is 5.15. The number of hydrogen-bond donors (Lipinski definition) is 0. The van der Waals surface area contributed by atoms with Gasteiger partial charge in [-0.15, -0.1) is 0 Å².